The smallest absolute Gasteiger partial charge is 0.416 e. The topological polar surface area (TPSA) is 93.1 Å². The number of rotatable bonds is 8. The maximum Gasteiger partial charge on any atom is 0.416 e. The Hall–Kier alpha value is -3.58. The second kappa shape index (κ2) is 10.9. The molecule has 0 unspecified atom stereocenters. The van der Waals surface area contributed by atoms with Gasteiger partial charge in [0.15, 0.2) is 0 Å². The van der Waals surface area contributed by atoms with E-state index in [2.05, 4.69) is 4.74 Å². The molecule has 0 aliphatic carbocycles. The van der Waals surface area contributed by atoms with E-state index in [9.17, 15) is 35.2 Å². The van der Waals surface area contributed by atoms with E-state index in [0.717, 1.165) is 28.6 Å². The fraction of sp³-hybridized carbons (Fsp3) is 0.240. The van der Waals surface area contributed by atoms with Gasteiger partial charge >= 0.3 is 18.8 Å². The van der Waals surface area contributed by atoms with Crippen LogP contribution in [0.15, 0.2) is 65.6 Å². The Morgan fingerprint density at radius 1 is 1.10 bits per heavy atom. The molecule has 14 heteroatoms. The summed E-state index contributed by atoms with van der Waals surface area (Å²) in [7, 11) is -4.60. The molecule has 208 valence electrons. The molecule has 0 saturated carbocycles. The van der Waals surface area contributed by atoms with Crippen LogP contribution in [0.25, 0.3) is 11.1 Å². The summed E-state index contributed by atoms with van der Waals surface area (Å²) >= 11 is 6.04. The first kappa shape index (κ1) is 28.4. The van der Waals surface area contributed by atoms with Gasteiger partial charge in [-0.2, -0.15) is 22.0 Å². The van der Waals surface area contributed by atoms with E-state index in [1.165, 1.54) is 30.3 Å². The van der Waals surface area contributed by atoms with Crippen molar-refractivity contribution >= 4 is 33.3 Å². The minimum Gasteiger partial charge on any atom is -0.486 e. The number of ether oxygens (including phenoxy) is 2. The highest BCUT2D eigenvalue weighted by Crippen LogP contribution is 2.42. The van der Waals surface area contributed by atoms with Crippen molar-refractivity contribution in [3.63, 3.8) is 0 Å². The number of alkyl halides is 5. The molecule has 39 heavy (non-hydrogen) atoms. The predicted molar refractivity (Wildman–Crippen MR) is 131 cm³/mol. The van der Waals surface area contributed by atoms with Crippen LogP contribution >= 0.6 is 11.6 Å². The van der Waals surface area contributed by atoms with Crippen molar-refractivity contribution in [2.45, 2.75) is 36.6 Å². The molecule has 1 N–H and O–H groups in total. The van der Waals surface area contributed by atoms with Gasteiger partial charge in [0.05, 0.1) is 22.7 Å². The molecule has 0 spiro atoms. The Labute approximate surface area is 224 Å². The van der Waals surface area contributed by atoms with Crippen molar-refractivity contribution in [2.75, 3.05) is 10.8 Å². The number of carboxylic acids is 1. The Morgan fingerprint density at radius 3 is 2.51 bits per heavy atom. The molecule has 1 aliphatic rings. The van der Waals surface area contributed by atoms with Crippen LogP contribution in [0.5, 0.6) is 11.5 Å². The summed E-state index contributed by atoms with van der Waals surface area (Å²) < 4.78 is 104. The highest BCUT2D eigenvalue weighted by Gasteiger charge is 2.37. The molecule has 0 amide bonds. The van der Waals surface area contributed by atoms with Crippen LogP contribution in [0.1, 0.15) is 18.4 Å². The molecule has 0 aromatic heterocycles. The number of aliphatic carboxylic acids is 1. The number of fused-ring (bicyclic) bond motifs is 1. The number of benzene rings is 3. The molecule has 0 bridgehead atoms. The summed E-state index contributed by atoms with van der Waals surface area (Å²) in [6, 6.07) is 11.3. The first-order valence-corrected chi connectivity index (χ1v) is 13.0. The Bertz CT molecular complexity index is 1500. The largest absolute Gasteiger partial charge is 0.486 e. The van der Waals surface area contributed by atoms with Crippen LogP contribution < -0.4 is 13.8 Å². The molecule has 1 aliphatic heterocycles. The average molecular weight is 592 g/mol. The number of nitrogens with zero attached hydrogens (tertiary/aromatic N) is 1. The molecule has 1 atom stereocenters. The maximum atomic E-state index is 13.7. The molecule has 1 heterocycles. The van der Waals surface area contributed by atoms with E-state index in [0.29, 0.717) is 11.6 Å². The summed E-state index contributed by atoms with van der Waals surface area (Å²) in [4.78, 5) is 10.4. The molecular formula is C25H19ClF5NO6S. The van der Waals surface area contributed by atoms with Gasteiger partial charge in [0.25, 0.3) is 10.0 Å². The van der Waals surface area contributed by atoms with Crippen molar-refractivity contribution < 1.29 is 49.7 Å². The third-order valence-corrected chi connectivity index (χ3v) is 7.74. The summed E-state index contributed by atoms with van der Waals surface area (Å²) in [5, 5.41) is 9.10. The van der Waals surface area contributed by atoms with Gasteiger partial charge in [-0.1, -0.05) is 23.7 Å². The van der Waals surface area contributed by atoms with Crippen LogP contribution in [0.2, 0.25) is 5.02 Å². The normalized spacial score (nSPS) is 15.6. The number of carbonyl (C=O) groups is 1. The van der Waals surface area contributed by atoms with E-state index in [-0.39, 0.29) is 40.6 Å². The highest BCUT2D eigenvalue weighted by atomic mass is 35.5. The van der Waals surface area contributed by atoms with E-state index in [4.69, 9.17) is 21.4 Å². The van der Waals surface area contributed by atoms with Crippen molar-refractivity contribution in [2.24, 2.45) is 0 Å². The fourth-order valence-electron chi connectivity index (χ4n) is 4.01. The highest BCUT2D eigenvalue weighted by molar-refractivity contribution is 7.92. The number of hydrogen-bond donors (Lipinski definition) is 1. The maximum absolute atomic E-state index is 13.7. The lowest BCUT2D eigenvalue weighted by atomic mass is 10.0. The summed E-state index contributed by atoms with van der Waals surface area (Å²) in [6.07, 6.45) is -6.13. The number of halogens is 6. The lowest BCUT2D eigenvalue weighted by Crippen LogP contribution is -2.43. The SMILES string of the molecule is O=C(O)CC[C@H]1CN(S(=O)(=O)c2cccc(C(F)(F)F)c2)c2cc(-c3cc(Cl)cc(OC(F)F)c3)ccc2O1. The number of hydrogen-bond acceptors (Lipinski definition) is 5. The molecular weight excluding hydrogens is 573 g/mol. The summed E-state index contributed by atoms with van der Waals surface area (Å²) in [5.41, 5.74) is -0.621. The molecule has 0 radical (unpaired) electrons. The Balaban J connectivity index is 1.81. The lowest BCUT2D eigenvalue weighted by molar-refractivity contribution is -0.138. The van der Waals surface area contributed by atoms with E-state index in [1.807, 2.05) is 0 Å². The van der Waals surface area contributed by atoms with Gasteiger partial charge in [0.2, 0.25) is 0 Å². The van der Waals surface area contributed by atoms with Gasteiger partial charge in [0.1, 0.15) is 17.6 Å². The van der Waals surface area contributed by atoms with Crippen LogP contribution in [0.4, 0.5) is 27.6 Å². The Kier molecular flexibility index (Phi) is 7.94. The zero-order valence-electron chi connectivity index (χ0n) is 19.7. The van der Waals surface area contributed by atoms with E-state index in [1.54, 1.807) is 0 Å². The van der Waals surface area contributed by atoms with E-state index < -0.39 is 51.9 Å². The van der Waals surface area contributed by atoms with Crippen molar-refractivity contribution in [1.29, 1.82) is 0 Å². The summed E-state index contributed by atoms with van der Waals surface area (Å²) in [5.74, 6) is -1.36. The molecule has 0 fully saturated rings. The third kappa shape index (κ3) is 6.53. The molecule has 3 aromatic carbocycles. The zero-order valence-corrected chi connectivity index (χ0v) is 21.2. The number of sulfonamides is 1. The van der Waals surface area contributed by atoms with Gasteiger partial charge < -0.3 is 14.6 Å². The minimum atomic E-state index is -4.80. The van der Waals surface area contributed by atoms with Gasteiger partial charge in [-0.05, 0) is 66.1 Å². The second-order valence-electron chi connectivity index (χ2n) is 8.47. The van der Waals surface area contributed by atoms with Crippen LogP contribution in [-0.4, -0.2) is 38.8 Å². The van der Waals surface area contributed by atoms with Crippen molar-refractivity contribution in [3.05, 3.63) is 71.2 Å². The first-order chi connectivity index (χ1) is 18.2. The number of anilines is 1. The van der Waals surface area contributed by atoms with Gasteiger partial charge in [-0.25, -0.2) is 8.42 Å². The standard InChI is InChI=1S/C25H19ClF5NO6S/c26-17-8-15(9-19(12-17)38-24(27)28)14-4-6-22-21(10-14)32(13-18(37-22)5-7-23(33)34)39(35,36)20-3-1-2-16(11-20)25(29,30)31/h1-4,6,8-12,18,24H,5,7,13H2,(H,33,34)/t18-/m0/s1. The molecule has 0 saturated heterocycles. The van der Waals surface area contributed by atoms with Crippen LogP contribution in [-0.2, 0) is 21.0 Å². The van der Waals surface area contributed by atoms with Gasteiger partial charge in [-0.3, -0.25) is 9.10 Å². The van der Waals surface area contributed by atoms with Crippen molar-refractivity contribution in [1.82, 2.24) is 0 Å². The number of carboxylic acid groups (broad SMARTS) is 1. The molecule has 4 rings (SSSR count). The fourth-order valence-corrected chi connectivity index (χ4v) is 5.78. The van der Waals surface area contributed by atoms with Crippen LogP contribution in [0.3, 0.4) is 0 Å². The van der Waals surface area contributed by atoms with Crippen LogP contribution in [0, 0.1) is 0 Å². The molecule has 3 aromatic rings. The monoisotopic (exact) mass is 591 g/mol. The van der Waals surface area contributed by atoms with Crippen molar-refractivity contribution in [3.8, 4) is 22.6 Å². The predicted octanol–water partition coefficient (Wildman–Crippen LogP) is 6.45. The minimum absolute atomic E-state index is 0.0296. The summed E-state index contributed by atoms with van der Waals surface area (Å²) in [6.45, 7) is -3.51. The second-order valence-corrected chi connectivity index (χ2v) is 10.8. The Morgan fingerprint density at radius 2 is 1.85 bits per heavy atom. The lowest BCUT2D eigenvalue weighted by Gasteiger charge is -2.36. The zero-order chi connectivity index (χ0) is 28.5. The van der Waals surface area contributed by atoms with Gasteiger partial charge in [-0.15, -0.1) is 0 Å². The van der Waals surface area contributed by atoms with Gasteiger partial charge in [0, 0.05) is 11.4 Å². The third-order valence-electron chi connectivity index (χ3n) is 5.75. The first-order valence-electron chi connectivity index (χ1n) is 11.2. The average Bonchev–Trinajstić information content (AvgIpc) is 2.85. The van der Waals surface area contributed by atoms with E-state index >= 15 is 0 Å². The quantitative estimate of drug-likeness (QED) is 0.303. The molecule has 7 nitrogen and oxygen atoms in total.